The van der Waals surface area contributed by atoms with Crippen LogP contribution in [0.4, 0.5) is 17.5 Å². The minimum atomic E-state index is 0.379. The monoisotopic (exact) mass is 428 g/mol. The molecule has 6 rings (SSSR count). The first kappa shape index (κ1) is 19.5. The molecule has 2 aliphatic heterocycles. The maximum Gasteiger partial charge on any atom is 0.153 e. The number of pyridine rings is 2. The largest absolute Gasteiger partial charge is 0.367 e. The van der Waals surface area contributed by atoms with E-state index in [4.69, 9.17) is 10.2 Å². The molecule has 3 atom stereocenters. The van der Waals surface area contributed by atoms with Crippen LogP contribution in [-0.2, 0) is 0 Å². The molecule has 3 aromatic rings. The van der Waals surface area contributed by atoms with Crippen LogP contribution in [0.2, 0.25) is 0 Å². The van der Waals surface area contributed by atoms with Gasteiger partial charge in [0, 0.05) is 66.4 Å². The number of rotatable bonds is 7. The van der Waals surface area contributed by atoms with Crippen LogP contribution in [0.1, 0.15) is 56.6 Å². The average Bonchev–Trinajstić information content (AvgIpc) is 3.50. The van der Waals surface area contributed by atoms with E-state index in [9.17, 15) is 0 Å². The molecule has 0 radical (unpaired) electrons. The molecule has 164 valence electrons. The van der Waals surface area contributed by atoms with Crippen molar-refractivity contribution in [1.29, 1.82) is 5.26 Å². The lowest BCUT2D eigenvalue weighted by Gasteiger charge is -2.39. The van der Waals surface area contributed by atoms with E-state index in [1.165, 1.54) is 31.4 Å². The summed E-state index contributed by atoms with van der Waals surface area (Å²) >= 11 is 0. The topological polar surface area (TPSA) is 106 Å². The highest BCUT2D eigenvalue weighted by Crippen LogP contribution is 2.40. The average molecular weight is 429 g/mol. The summed E-state index contributed by atoms with van der Waals surface area (Å²) in [6.45, 7) is 0.898. The summed E-state index contributed by atoms with van der Waals surface area (Å²) in [5.74, 6) is 3.06. The molecule has 3 aliphatic rings. The first-order valence-corrected chi connectivity index (χ1v) is 11.7. The minimum Gasteiger partial charge on any atom is -0.367 e. The highest BCUT2D eigenvalue weighted by Gasteiger charge is 2.40. The van der Waals surface area contributed by atoms with Gasteiger partial charge >= 0.3 is 0 Å². The second kappa shape index (κ2) is 8.06. The summed E-state index contributed by atoms with van der Waals surface area (Å²) < 4.78 is 0. The van der Waals surface area contributed by atoms with Gasteiger partial charge in [-0.2, -0.15) is 10.4 Å². The van der Waals surface area contributed by atoms with Gasteiger partial charge in [-0.3, -0.25) is 15.0 Å². The fourth-order valence-electron chi connectivity index (χ4n) is 5.51. The fraction of sp³-hybridized carbons (Fsp3) is 0.500. The summed E-state index contributed by atoms with van der Waals surface area (Å²) in [6.07, 6.45) is 9.56. The smallest absolute Gasteiger partial charge is 0.153 e. The third-order valence-corrected chi connectivity index (χ3v) is 7.18. The molecule has 0 amide bonds. The van der Waals surface area contributed by atoms with Crippen LogP contribution in [-0.4, -0.2) is 49.7 Å². The Bertz CT molecular complexity index is 1150. The van der Waals surface area contributed by atoms with Crippen molar-refractivity contribution in [3.05, 3.63) is 36.2 Å². The van der Waals surface area contributed by atoms with Crippen molar-refractivity contribution in [2.45, 2.75) is 69.0 Å². The summed E-state index contributed by atoms with van der Waals surface area (Å²) in [5, 5.41) is 24.7. The van der Waals surface area contributed by atoms with Gasteiger partial charge in [0.1, 0.15) is 11.6 Å². The number of nitrogens with one attached hydrogen (secondary N) is 3. The predicted octanol–water partition coefficient (Wildman–Crippen LogP) is 4.29. The second-order valence-corrected chi connectivity index (χ2v) is 9.38. The van der Waals surface area contributed by atoms with Crippen LogP contribution in [0.3, 0.4) is 0 Å². The Hall–Kier alpha value is -3.18. The Morgan fingerprint density at radius 1 is 1.12 bits per heavy atom. The van der Waals surface area contributed by atoms with Crippen LogP contribution in [0, 0.1) is 11.3 Å². The van der Waals surface area contributed by atoms with Crippen LogP contribution in [0.15, 0.2) is 30.5 Å². The highest BCUT2D eigenvalue weighted by atomic mass is 15.2. The molecule has 5 heterocycles. The fourth-order valence-corrected chi connectivity index (χ4v) is 5.51. The zero-order chi connectivity index (χ0) is 21.5. The normalized spacial score (nSPS) is 25.0. The van der Waals surface area contributed by atoms with Gasteiger partial charge in [0.05, 0.1) is 11.6 Å². The van der Waals surface area contributed by atoms with Gasteiger partial charge in [-0.05, 0) is 50.7 Å². The lowest BCUT2D eigenvalue weighted by molar-refractivity contribution is 0.136. The maximum atomic E-state index is 8.98. The number of nitrogens with zero attached hydrogens (tertiary/aromatic N) is 5. The molecule has 8 nitrogen and oxygen atoms in total. The Morgan fingerprint density at radius 3 is 2.75 bits per heavy atom. The Labute approximate surface area is 187 Å². The van der Waals surface area contributed by atoms with Crippen LogP contribution in [0.5, 0.6) is 0 Å². The summed E-state index contributed by atoms with van der Waals surface area (Å²) in [4.78, 5) is 12.1. The molecule has 8 heteroatoms. The van der Waals surface area contributed by atoms with E-state index in [2.05, 4.69) is 48.9 Å². The lowest BCUT2D eigenvalue weighted by atomic mass is 9.97. The van der Waals surface area contributed by atoms with Crippen LogP contribution < -0.4 is 10.6 Å². The molecule has 3 aromatic heterocycles. The van der Waals surface area contributed by atoms with Gasteiger partial charge < -0.3 is 10.6 Å². The molecule has 1 aliphatic carbocycles. The molecular formula is C24H28N8. The Kier molecular flexibility index (Phi) is 4.91. The molecule has 2 bridgehead atoms. The zero-order valence-corrected chi connectivity index (χ0v) is 18.1. The minimum absolute atomic E-state index is 0.379. The number of hydrogen-bond donors (Lipinski definition) is 3. The van der Waals surface area contributed by atoms with Gasteiger partial charge in [-0.25, -0.2) is 4.98 Å². The van der Waals surface area contributed by atoms with Gasteiger partial charge in [-0.1, -0.05) is 0 Å². The zero-order valence-electron chi connectivity index (χ0n) is 18.1. The number of nitriles is 1. The number of piperidine rings is 1. The predicted molar refractivity (Wildman–Crippen MR) is 124 cm³/mol. The number of aromatic nitrogens is 4. The number of H-pyrrole nitrogens is 1. The van der Waals surface area contributed by atoms with Crippen molar-refractivity contribution < 1.29 is 0 Å². The van der Waals surface area contributed by atoms with E-state index in [-0.39, 0.29) is 0 Å². The molecule has 3 fully saturated rings. The highest BCUT2D eigenvalue weighted by molar-refractivity contribution is 5.91. The van der Waals surface area contributed by atoms with Gasteiger partial charge in [0.15, 0.2) is 5.82 Å². The molecule has 3 N–H and O–H groups in total. The summed E-state index contributed by atoms with van der Waals surface area (Å²) in [6, 6.07) is 11.9. The lowest BCUT2D eigenvalue weighted by Crippen LogP contribution is -2.47. The van der Waals surface area contributed by atoms with E-state index in [0.717, 1.165) is 47.7 Å². The SMILES string of the molecule is N#CCCN1[C@@H]2CC[C@H]1CC(Nc1nc(Nc3cc(C4CC4)[nH]n3)cc3ncccc13)C2. The molecule has 1 saturated carbocycles. The van der Waals surface area contributed by atoms with Gasteiger partial charge in [-0.15, -0.1) is 0 Å². The van der Waals surface area contributed by atoms with Crippen molar-refractivity contribution in [1.82, 2.24) is 25.1 Å². The number of fused-ring (bicyclic) bond motifs is 3. The second-order valence-electron chi connectivity index (χ2n) is 9.38. The van der Waals surface area contributed by atoms with Crippen molar-refractivity contribution in [3.63, 3.8) is 0 Å². The van der Waals surface area contributed by atoms with E-state index < -0.39 is 0 Å². The van der Waals surface area contributed by atoms with Crippen molar-refractivity contribution in [2.75, 3.05) is 17.2 Å². The van der Waals surface area contributed by atoms with E-state index in [0.29, 0.717) is 30.5 Å². The van der Waals surface area contributed by atoms with Gasteiger partial charge in [0.25, 0.3) is 0 Å². The summed E-state index contributed by atoms with van der Waals surface area (Å²) in [5.41, 5.74) is 2.11. The molecule has 0 spiro atoms. The molecule has 2 saturated heterocycles. The number of anilines is 3. The molecule has 0 aromatic carbocycles. The summed E-state index contributed by atoms with van der Waals surface area (Å²) in [7, 11) is 0. The van der Waals surface area contributed by atoms with Crippen LogP contribution in [0.25, 0.3) is 10.9 Å². The molecular weight excluding hydrogens is 400 g/mol. The first-order chi connectivity index (χ1) is 15.8. The van der Waals surface area contributed by atoms with E-state index in [1.807, 2.05) is 18.3 Å². The number of hydrogen-bond acceptors (Lipinski definition) is 7. The van der Waals surface area contributed by atoms with Crippen LogP contribution >= 0.6 is 0 Å². The van der Waals surface area contributed by atoms with Crippen molar-refractivity contribution in [3.8, 4) is 6.07 Å². The van der Waals surface area contributed by atoms with Crippen molar-refractivity contribution in [2.24, 2.45) is 0 Å². The Morgan fingerprint density at radius 2 is 1.97 bits per heavy atom. The molecule has 1 unspecified atom stereocenters. The van der Waals surface area contributed by atoms with E-state index in [1.54, 1.807) is 0 Å². The van der Waals surface area contributed by atoms with Crippen molar-refractivity contribution >= 4 is 28.4 Å². The quantitative estimate of drug-likeness (QED) is 0.515. The van der Waals surface area contributed by atoms with E-state index >= 15 is 0 Å². The Balaban J connectivity index is 1.23. The first-order valence-electron chi connectivity index (χ1n) is 11.7. The molecule has 32 heavy (non-hydrogen) atoms. The third kappa shape index (κ3) is 3.78. The number of aromatic amines is 1. The standard InChI is InChI=1S/C24H28N8/c25-8-2-10-32-17-6-7-18(32)12-16(11-17)27-24-19-3-1-9-26-21(19)14-22(29-24)28-23-13-20(30-31-23)15-4-5-15/h1,3,9,13-18H,2,4-7,10-12H2,(H3,27,28,29,30,31)/t16?,17-,18+. The maximum absolute atomic E-state index is 8.98. The third-order valence-electron chi connectivity index (χ3n) is 7.18. The van der Waals surface area contributed by atoms with Gasteiger partial charge in [0.2, 0.25) is 0 Å².